The summed E-state index contributed by atoms with van der Waals surface area (Å²) in [4.78, 5) is 0. The Kier molecular flexibility index (Phi) is 3.62. The van der Waals surface area contributed by atoms with Crippen molar-refractivity contribution in [2.45, 2.75) is 25.2 Å². The van der Waals surface area contributed by atoms with Crippen LogP contribution in [0.5, 0.6) is 0 Å². The van der Waals surface area contributed by atoms with Crippen LogP contribution in [-0.2, 0) is 18.3 Å². The zero-order valence-corrected chi connectivity index (χ0v) is 18.2. The summed E-state index contributed by atoms with van der Waals surface area (Å²) in [5.74, 6) is 0. The smallest absolute Gasteiger partial charge is 0.0620 e. The molecule has 0 aromatic heterocycles. The molecule has 5 aromatic carbocycles. The van der Waals surface area contributed by atoms with Crippen molar-refractivity contribution in [1.82, 2.24) is 0 Å². The van der Waals surface area contributed by atoms with E-state index in [1.807, 2.05) is 0 Å². The molecule has 1 spiro atoms. The Balaban J connectivity index is 1.74. The molecule has 0 saturated heterocycles. The van der Waals surface area contributed by atoms with Gasteiger partial charge in [-0.1, -0.05) is 110 Å². The highest BCUT2D eigenvalue weighted by Gasteiger charge is 2.50. The molecule has 0 aliphatic heterocycles. The number of benzene rings is 5. The third kappa shape index (κ3) is 2.12. The minimum absolute atomic E-state index is 0.259. The van der Waals surface area contributed by atoms with E-state index in [4.69, 9.17) is 0 Å². The van der Waals surface area contributed by atoms with Crippen molar-refractivity contribution >= 4 is 10.8 Å². The monoisotopic (exact) mass is 408 g/mol. The van der Waals surface area contributed by atoms with E-state index < -0.39 is 0 Å². The molecule has 7 rings (SSSR count). The normalized spacial score (nSPS) is 14.7. The summed E-state index contributed by atoms with van der Waals surface area (Å²) >= 11 is 0. The van der Waals surface area contributed by atoms with E-state index in [1.54, 1.807) is 0 Å². The Labute approximate surface area is 189 Å². The van der Waals surface area contributed by atoms with E-state index in [-0.39, 0.29) is 5.41 Å². The van der Waals surface area contributed by atoms with E-state index in [1.165, 1.54) is 60.8 Å². The van der Waals surface area contributed by atoms with Crippen LogP contribution in [-0.4, -0.2) is 0 Å². The predicted molar refractivity (Wildman–Crippen MR) is 133 cm³/mol. The Hall–Kier alpha value is -3.64. The molecule has 0 nitrogen and oxygen atoms in total. The number of aryl methyl sites for hydroxylation is 1. The van der Waals surface area contributed by atoms with Gasteiger partial charge in [-0.25, -0.2) is 0 Å². The van der Waals surface area contributed by atoms with Crippen molar-refractivity contribution in [1.29, 1.82) is 0 Å². The highest BCUT2D eigenvalue weighted by molar-refractivity contribution is 6.04. The summed E-state index contributed by atoms with van der Waals surface area (Å²) in [6, 6.07) is 39.0. The summed E-state index contributed by atoms with van der Waals surface area (Å²) in [6.45, 7) is 2.26. The van der Waals surface area contributed by atoms with Crippen molar-refractivity contribution in [2.24, 2.45) is 0 Å². The van der Waals surface area contributed by atoms with Crippen LogP contribution in [0, 0.1) is 0 Å². The predicted octanol–water partition coefficient (Wildman–Crippen LogP) is 7.67. The van der Waals surface area contributed by atoms with Crippen LogP contribution in [0.1, 0.15) is 45.9 Å². The number of hydrogen-bond acceptors (Lipinski definition) is 0. The largest absolute Gasteiger partial charge is 0.0719 e. The standard InChI is InChI=1S/C32H24/c1-2-21-15-17-26-30(19-21)32(29-18-16-22-9-3-6-12-25(22)31(26)29)27-13-7-4-10-23(27)20-24-11-5-8-14-28(24)32/h3-19H,2,20H2,1H3. The lowest BCUT2D eigenvalue weighted by Gasteiger charge is -2.40. The lowest BCUT2D eigenvalue weighted by Crippen LogP contribution is -2.34. The van der Waals surface area contributed by atoms with Crippen molar-refractivity contribution in [3.8, 4) is 11.1 Å². The van der Waals surface area contributed by atoms with Crippen LogP contribution < -0.4 is 0 Å². The first-order valence-corrected chi connectivity index (χ1v) is 11.6. The Bertz CT molecular complexity index is 1490. The zero-order valence-electron chi connectivity index (χ0n) is 18.2. The molecule has 0 heterocycles. The summed E-state index contributed by atoms with van der Waals surface area (Å²) in [7, 11) is 0. The highest BCUT2D eigenvalue weighted by Crippen LogP contribution is 2.60. The van der Waals surface area contributed by atoms with E-state index in [9.17, 15) is 0 Å². The van der Waals surface area contributed by atoms with Gasteiger partial charge in [0.15, 0.2) is 0 Å². The fourth-order valence-corrected chi connectivity index (χ4v) is 6.37. The van der Waals surface area contributed by atoms with Gasteiger partial charge in [0.05, 0.1) is 5.41 Å². The van der Waals surface area contributed by atoms with Crippen LogP contribution in [0.3, 0.4) is 0 Å². The Morgan fingerprint density at radius 3 is 2.06 bits per heavy atom. The molecule has 0 bridgehead atoms. The fourth-order valence-electron chi connectivity index (χ4n) is 6.37. The SMILES string of the molecule is CCc1ccc2c(c1)C1(c3ccccc3Cc3ccccc31)c1ccc3ccccc3c1-2. The second kappa shape index (κ2) is 6.43. The van der Waals surface area contributed by atoms with Crippen molar-refractivity contribution < 1.29 is 0 Å². The van der Waals surface area contributed by atoms with Gasteiger partial charge < -0.3 is 0 Å². The summed E-state index contributed by atoms with van der Waals surface area (Å²) in [5, 5.41) is 2.67. The Morgan fingerprint density at radius 2 is 1.31 bits per heavy atom. The third-order valence-electron chi connectivity index (χ3n) is 7.72. The van der Waals surface area contributed by atoms with Crippen molar-refractivity contribution in [2.75, 3.05) is 0 Å². The molecule has 0 atom stereocenters. The van der Waals surface area contributed by atoms with Crippen LogP contribution in [0.25, 0.3) is 21.9 Å². The second-order valence-electron chi connectivity index (χ2n) is 9.18. The topological polar surface area (TPSA) is 0 Å². The van der Waals surface area contributed by atoms with E-state index >= 15 is 0 Å². The second-order valence-corrected chi connectivity index (χ2v) is 9.18. The quantitative estimate of drug-likeness (QED) is 0.261. The summed E-state index contributed by atoms with van der Waals surface area (Å²) in [5.41, 5.74) is 12.6. The van der Waals surface area contributed by atoms with E-state index in [0.29, 0.717) is 0 Å². The molecule has 0 unspecified atom stereocenters. The third-order valence-corrected chi connectivity index (χ3v) is 7.72. The van der Waals surface area contributed by atoms with Crippen LogP contribution >= 0.6 is 0 Å². The lowest BCUT2D eigenvalue weighted by atomic mass is 9.61. The summed E-state index contributed by atoms with van der Waals surface area (Å²) < 4.78 is 0. The maximum absolute atomic E-state index is 2.49. The molecule has 0 heteroatoms. The average molecular weight is 409 g/mol. The molecule has 5 aromatic rings. The molecule has 2 aliphatic rings. The van der Waals surface area contributed by atoms with Gasteiger partial charge >= 0.3 is 0 Å². The number of fused-ring (bicyclic) bond motifs is 11. The number of hydrogen-bond donors (Lipinski definition) is 0. The Morgan fingerprint density at radius 1 is 0.625 bits per heavy atom. The van der Waals surface area contributed by atoms with Crippen LogP contribution in [0.2, 0.25) is 0 Å². The molecular formula is C32H24. The van der Waals surface area contributed by atoms with Gasteiger partial charge in [-0.3, -0.25) is 0 Å². The zero-order chi connectivity index (χ0) is 21.3. The van der Waals surface area contributed by atoms with Crippen molar-refractivity contribution in [3.63, 3.8) is 0 Å². The van der Waals surface area contributed by atoms with Gasteiger partial charge in [-0.05, 0) is 73.7 Å². The van der Waals surface area contributed by atoms with E-state index in [0.717, 1.165) is 12.8 Å². The van der Waals surface area contributed by atoms with Gasteiger partial charge in [0, 0.05) is 0 Å². The molecule has 2 aliphatic carbocycles. The van der Waals surface area contributed by atoms with Gasteiger partial charge in [0.2, 0.25) is 0 Å². The van der Waals surface area contributed by atoms with Gasteiger partial charge in [0.1, 0.15) is 0 Å². The van der Waals surface area contributed by atoms with Crippen LogP contribution in [0.15, 0.2) is 103 Å². The first kappa shape index (κ1) is 18.0. The highest BCUT2D eigenvalue weighted by atomic mass is 14.5. The lowest BCUT2D eigenvalue weighted by molar-refractivity contribution is 0.721. The minimum Gasteiger partial charge on any atom is -0.0620 e. The van der Waals surface area contributed by atoms with Gasteiger partial charge in [-0.2, -0.15) is 0 Å². The molecule has 152 valence electrons. The van der Waals surface area contributed by atoms with E-state index in [2.05, 4.69) is 110 Å². The average Bonchev–Trinajstić information content (AvgIpc) is 3.15. The van der Waals surface area contributed by atoms with Crippen molar-refractivity contribution in [3.05, 3.63) is 142 Å². The molecule has 0 fully saturated rings. The molecule has 0 amide bonds. The maximum atomic E-state index is 2.49. The molecule has 0 saturated carbocycles. The molecule has 0 radical (unpaired) electrons. The number of rotatable bonds is 1. The first-order valence-electron chi connectivity index (χ1n) is 11.6. The van der Waals surface area contributed by atoms with Gasteiger partial charge in [0.25, 0.3) is 0 Å². The molecular weight excluding hydrogens is 384 g/mol. The molecule has 0 N–H and O–H groups in total. The van der Waals surface area contributed by atoms with Gasteiger partial charge in [-0.15, -0.1) is 0 Å². The first-order chi connectivity index (χ1) is 15.8. The van der Waals surface area contributed by atoms with Crippen LogP contribution in [0.4, 0.5) is 0 Å². The minimum atomic E-state index is -0.259. The fraction of sp³-hybridized carbons (Fsp3) is 0.125. The molecule has 32 heavy (non-hydrogen) atoms. The summed E-state index contributed by atoms with van der Waals surface area (Å²) in [6.07, 6.45) is 2.05. The maximum Gasteiger partial charge on any atom is 0.0719 e.